The summed E-state index contributed by atoms with van der Waals surface area (Å²) in [6, 6.07) is 13.4. The van der Waals surface area contributed by atoms with Crippen molar-refractivity contribution in [3.63, 3.8) is 0 Å². The molecule has 0 amide bonds. The Balaban J connectivity index is 1.85. The van der Waals surface area contributed by atoms with Crippen molar-refractivity contribution in [2.45, 2.75) is 19.4 Å². The van der Waals surface area contributed by atoms with Gasteiger partial charge in [0.25, 0.3) is 0 Å². The summed E-state index contributed by atoms with van der Waals surface area (Å²) in [4.78, 5) is 16.8. The molecule has 0 unspecified atom stereocenters. The summed E-state index contributed by atoms with van der Waals surface area (Å²) in [5.41, 5.74) is 9.15. The molecule has 0 saturated heterocycles. The first-order valence-electron chi connectivity index (χ1n) is 8.48. The van der Waals surface area contributed by atoms with E-state index in [0.29, 0.717) is 29.9 Å². The van der Waals surface area contributed by atoms with Gasteiger partial charge >= 0.3 is 5.97 Å². The summed E-state index contributed by atoms with van der Waals surface area (Å²) in [5.74, 6) is 0.809. The van der Waals surface area contributed by atoms with Gasteiger partial charge in [-0.2, -0.15) is 0 Å². The number of aromatic nitrogens is 2. The van der Waals surface area contributed by atoms with Crippen LogP contribution >= 0.6 is 0 Å². The van der Waals surface area contributed by atoms with E-state index in [1.807, 2.05) is 54.9 Å². The molecular formula is C20H23N3O3. The topological polar surface area (TPSA) is 79.4 Å². The van der Waals surface area contributed by atoms with E-state index in [-0.39, 0.29) is 6.04 Å². The second-order valence-electron chi connectivity index (χ2n) is 6.28. The molecule has 0 saturated carbocycles. The van der Waals surface area contributed by atoms with Gasteiger partial charge in [0.2, 0.25) is 0 Å². The molecule has 26 heavy (non-hydrogen) atoms. The highest BCUT2D eigenvalue weighted by Gasteiger charge is 2.22. The van der Waals surface area contributed by atoms with Gasteiger partial charge in [-0.15, -0.1) is 0 Å². The molecule has 3 aromatic rings. The molecule has 2 aromatic carbocycles. The van der Waals surface area contributed by atoms with Crippen LogP contribution < -0.4 is 10.5 Å². The normalized spacial score (nSPS) is 12.2. The average molecular weight is 353 g/mol. The zero-order valence-electron chi connectivity index (χ0n) is 15.2. The minimum atomic E-state index is -0.453. The van der Waals surface area contributed by atoms with Crippen molar-refractivity contribution in [2.75, 3.05) is 13.7 Å². The molecule has 0 aliphatic rings. The number of nitrogens with zero attached hydrogens (tertiary/aromatic N) is 2. The average Bonchev–Trinajstić information content (AvgIpc) is 2.94. The van der Waals surface area contributed by atoms with Gasteiger partial charge in [0.15, 0.2) is 0 Å². The molecule has 0 aliphatic heterocycles. The second kappa shape index (κ2) is 7.58. The van der Waals surface area contributed by atoms with E-state index in [1.165, 1.54) is 7.11 Å². The third kappa shape index (κ3) is 3.55. The number of hydrogen-bond donors (Lipinski definition) is 1. The Kier molecular flexibility index (Phi) is 5.23. The molecule has 6 heteroatoms. The lowest BCUT2D eigenvalue weighted by molar-refractivity contribution is 0.0597. The predicted octanol–water partition coefficient (Wildman–Crippen LogP) is 2.62. The van der Waals surface area contributed by atoms with Crippen molar-refractivity contribution in [3.8, 4) is 5.75 Å². The molecular weight excluding hydrogens is 330 g/mol. The first-order chi connectivity index (χ1) is 12.5. The van der Waals surface area contributed by atoms with E-state index in [4.69, 9.17) is 15.2 Å². The Morgan fingerprint density at radius 1 is 1.23 bits per heavy atom. The Morgan fingerprint density at radius 3 is 2.65 bits per heavy atom. The first-order valence-corrected chi connectivity index (χ1v) is 8.48. The van der Waals surface area contributed by atoms with E-state index >= 15 is 0 Å². The SMILES string of the molecule is COC(=O)c1c(OC[C@H](N)Cc2ccccc2)ccc2nc(C)n(C)c12. The highest BCUT2D eigenvalue weighted by atomic mass is 16.5. The number of aryl methyl sites for hydroxylation is 2. The maximum atomic E-state index is 12.4. The molecule has 1 heterocycles. The molecule has 136 valence electrons. The van der Waals surface area contributed by atoms with Crippen molar-refractivity contribution in [1.82, 2.24) is 9.55 Å². The van der Waals surface area contributed by atoms with Crippen molar-refractivity contribution >= 4 is 17.0 Å². The lowest BCUT2D eigenvalue weighted by Gasteiger charge is -2.16. The number of nitrogens with two attached hydrogens (primary N) is 1. The Hall–Kier alpha value is -2.86. The van der Waals surface area contributed by atoms with E-state index in [2.05, 4.69) is 4.98 Å². The summed E-state index contributed by atoms with van der Waals surface area (Å²) in [7, 11) is 3.22. The van der Waals surface area contributed by atoms with Crippen molar-refractivity contribution in [1.29, 1.82) is 0 Å². The molecule has 2 N–H and O–H groups in total. The third-order valence-corrected chi connectivity index (χ3v) is 4.40. The monoisotopic (exact) mass is 353 g/mol. The first kappa shape index (κ1) is 17.9. The lowest BCUT2D eigenvalue weighted by Crippen LogP contribution is -2.30. The minimum Gasteiger partial charge on any atom is -0.491 e. The number of hydrogen-bond acceptors (Lipinski definition) is 5. The van der Waals surface area contributed by atoms with E-state index in [1.54, 1.807) is 6.07 Å². The number of methoxy groups -OCH3 is 1. The van der Waals surface area contributed by atoms with Crippen LogP contribution in [-0.2, 0) is 18.2 Å². The van der Waals surface area contributed by atoms with Crippen LogP contribution in [0.5, 0.6) is 5.75 Å². The van der Waals surface area contributed by atoms with Gasteiger partial charge in [0, 0.05) is 13.1 Å². The van der Waals surface area contributed by atoms with Gasteiger partial charge in [-0.05, 0) is 31.0 Å². The molecule has 1 atom stereocenters. The largest absolute Gasteiger partial charge is 0.491 e. The van der Waals surface area contributed by atoms with Crippen LogP contribution in [0.15, 0.2) is 42.5 Å². The van der Waals surface area contributed by atoms with E-state index in [0.717, 1.165) is 16.9 Å². The van der Waals surface area contributed by atoms with E-state index < -0.39 is 5.97 Å². The fourth-order valence-corrected chi connectivity index (χ4v) is 2.99. The highest BCUT2D eigenvalue weighted by molar-refractivity contribution is 6.05. The van der Waals surface area contributed by atoms with Crippen LogP contribution in [-0.4, -0.2) is 35.3 Å². The summed E-state index contributed by atoms with van der Waals surface area (Å²) >= 11 is 0. The van der Waals surface area contributed by atoms with Crippen molar-refractivity contribution in [3.05, 3.63) is 59.4 Å². The Morgan fingerprint density at radius 2 is 1.96 bits per heavy atom. The number of carbonyl (C=O) groups is 1. The van der Waals surface area contributed by atoms with Crippen LogP contribution in [0.2, 0.25) is 0 Å². The number of rotatable bonds is 6. The number of ether oxygens (including phenoxy) is 2. The third-order valence-electron chi connectivity index (χ3n) is 4.40. The predicted molar refractivity (Wildman–Crippen MR) is 100 cm³/mol. The Labute approximate surface area is 152 Å². The lowest BCUT2D eigenvalue weighted by atomic mass is 10.1. The number of imidazole rings is 1. The van der Waals surface area contributed by atoms with Gasteiger partial charge < -0.3 is 19.8 Å². The highest BCUT2D eigenvalue weighted by Crippen LogP contribution is 2.29. The zero-order chi connectivity index (χ0) is 18.7. The molecule has 0 fully saturated rings. The van der Waals surface area contributed by atoms with Crippen LogP contribution in [0, 0.1) is 6.92 Å². The van der Waals surface area contributed by atoms with Gasteiger partial charge in [0.05, 0.1) is 18.1 Å². The zero-order valence-corrected chi connectivity index (χ0v) is 15.2. The molecule has 3 rings (SSSR count). The van der Waals surface area contributed by atoms with Crippen molar-refractivity contribution in [2.24, 2.45) is 12.8 Å². The quantitative estimate of drug-likeness (QED) is 0.689. The maximum absolute atomic E-state index is 12.4. The molecule has 0 bridgehead atoms. The molecule has 0 aliphatic carbocycles. The smallest absolute Gasteiger partial charge is 0.343 e. The van der Waals surface area contributed by atoms with Gasteiger partial charge in [-0.3, -0.25) is 0 Å². The van der Waals surface area contributed by atoms with Crippen molar-refractivity contribution < 1.29 is 14.3 Å². The molecule has 6 nitrogen and oxygen atoms in total. The van der Waals surface area contributed by atoms with Crippen LogP contribution in [0.4, 0.5) is 0 Å². The molecule has 0 radical (unpaired) electrons. The second-order valence-corrected chi connectivity index (χ2v) is 6.28. The number of esters is 1. The van der Waals surface area contributed by atoms with E-state index in [9.17, 15) is 4.79 Å². The van der Waals surface area contributed by atoms with Gasteiger partial charge in [0.1, 0.15) is 23.7 Å². The summed E-state index contributed by atoms with van der Waals surface area (Å²) in [6.45, 7) is 2.18. The van der Waals surface area contributed by atoms with Gasteiger partial charge in [-0.25, -0.2) is 9.78 Å². The minimum absolute atomic E-state index is 0.188. The van der Waals surface area contributed by atoms with Gasteiger partial charge in [-0.1, -0.05) is 30.3 Å². The number of fused-ring (bicyclic) bond motifs is 1. The summed E-state index contributed by atoms with van der Waals surface area (Å²) in [5, 5.41) is 0. The fourth-order valence-electron chi connectivity index (χ4n) is 2.99. The standard InChI is InChI=1S/C20H23N3O3/c1-13-22-16-9-10-17(18(20(24)25-3)19(16)23(13)2)26-12-15(21)11-14-7-5-4-6-8-14/h4-10,15H,11-12,21H2,1-3H3/t15-/m1/s1. The summed E-state index contributed by atoms with van der Waals surface area (Å²) < 4.78 is 12.7. The number of carbonyl (C=O) groups excluding carboxylic acids is 1. The fraction of sp³-hybridized carbons (Fsp3) is 0.300. The maximum Gasteiger partial charge on any atom is 0.343 e. The Bertz CT molecular complexity index is 919. The summed E-state index contributed by atoms with van der Waals surface area (Å²) in [6.07, 6.45) is 0.696. The molecule has 1 aromatic heterocycles. The van der Waals surface area contributed by atoms with Crippen LogP contribution in [0.25, 0.3) is 11.0 Å². The number of benzene rings is 2. The van der Waals surface area contributed by atoms with Crippen LogP contribution in [0.3, 0.4) is 0 Å². The van der Waals surface area contributed by atoms with Crippen LogP contribution in [0.1, 0.15) is 21.7 Å². The molecule has 0 spiro atoms.